The van der Waals surface area contributed by atoms with E-state index in [2.05, 4.69) is 33.8 Å². The van der Waals surface area contributed by atoms with Gasteiger partial charge in [-0.05, 0) is 134 Å². The van der Waals surface area contributed by atoms with Crippen molar-refractivity contribution in [1.82, 2.24) is 0 Å². The predicted octanol–water partition coefficient (Wildman–Crippen LogP) is 8.89. The van der Waals surface area contributed by atoms with E-state index in [1.54, 1.807) is 12.8 Å². The molecule has 1 aromatic carbocycles. The number of hydrogen-bond donors (Lipinski definition) is 2. The van der Waals surface area contributed by atoms with Crippen molar-refractivity contribution >= 4 is 11.4 Å². The smallest absolute Gasteiger partial charge is 0.0348 e. The van der Waals surface area contributed by atoms with Gasteiger partial charge >= 0.3 is 0 Å². The van der Waals surface area contributed by atoms with Crippen molar-refractivity contribution in [3.63, 3.8) is 0 Å². The molecule has 0 aliphatic heterocycles. The van der Waals surface area contributed by atoms with Crippen LogP contribution in [-0.4, -0.2) is 0 Å². The van der Waals surface area contributed by atoms with E-state index in [0.717, 1.165) is 53.3 Å². The van der Waals surface area contributed by atoms with Crippen LogP contribution in [-0.2, 0) is 6.42 Å². The van der Waals surface area contributed by atoms with E-state index in [9.17, 15) is 0 Å². The molecule has 0 amide bonds. The maximum atomic E-state index is 6.21. The summed E-state index contributed by atoms with van der Waals surface area (Å²) in [6, 6.07) is 5.95. The minimum Gasteiger partial charge on any atom is -0.399 e. The molecule has 0 spiro atoms. The molecule has 4 aliphatic rings. The lowest BCUT2D eigenvalue weighted by Crippen LogP contribution is -2.53. The molecule has 0 heterocycles. The van der Waals surface area contributed by atoms with Gasteiger partial charge in [-0.1, -0.05) is 59.8 Å². The lowest BCUT2D eigenvalue weighted by molar-refractivity contribution is -0.114. The summed E-state index contributed by atoms with van der Waals surface area (Å²) in [4.78, 5) is 0. The second kappa shape index (κ2) is 9.94. The fourth-order valence-corrected chi connectivity index (χ4v) is 10.5. The Labute approximate surface area is 216 Å². The summed E-state index contributed by atoms with van der Waals surface area (Å²) in [5, 5.41) is 0. The zero-order valence-electron chi connectivity index (χ0n) is 23.3. The topological polar surface area (TPSA) is 52.0 Å². The highest BCUT2D eigenvalue weighted by Crippen LogP contribution is 2.68. The fourth-order valence-electron chi connectivity index (χ4n) is 10.5. The molecule has 4 saturated carbocycles. The SMILES string of the molecule is CC(CCC[C@@H](C)[C@H]1CC[C@H]2[C@@H]3CCC4CCCC[C@]4(C)[C@H]3CC[C@]12C)Cc1cc(N)ccc1N. The maximum Gasteiger partial charge on any atom is 0.0348 e. The summed E-state index contributed by atoms with van der Waals surface area (Å²) in [7, 11) is 0. The third kappa shape index (κ3) is 4.66. The van der Waals surface area contributed by atoms with Crippen LogP contribution in [0.25, 0.3) is 0 Å². The van der Waals surface area contributed by atoms with Crippen molar-refractivity contribution in [3.05, 3.63) is 23.8 Å². The van der Waals surface area contributed by atoms with Crippen LogP contribution in [0.5, 0.6) is 0 Å². The van der Waals surface area contributed by atoms with Crippen LogP contribution < -0.4 is 11.5 Å². The van der Waals surface area contributed by atoms with E-state index in [4.69, 9.17) is 11.5 Å². The van der Waals surface area contributed by atoms with E-state index < -0.39 is 0 Å². The summed E-state index contributed by atoms with van der Waals surface area (Å²) in [5.41, 5.74) is 16.5. The van der Waals surface area contributed by atoms with Crippen molar-refractivity contribution in [1.29, 1.82) is 0 Å². The quantitative estimate of drug-likeness (QED) is 0.384. The first-order valence-electron chi connectivity index (χ1n) is 15.4. The lowest BCUT2D eigenvalue weighted by Gasteiger charge is -2.61. The first-order valence-corrected chi connectivity index (χ1v) is 15.4. The molecule has 0 saturated heterocycles. The van der Waals surface area contributed by atoms with Crippen molar-refractivity contribution in [3.8, 4) is 0 Å². The van der Waals surface area contributed by atoms with Crippen LogP contribution in [0.3, 0.4) is 0 Å². The van der Waals surface area contributed by atoms with E-state index in [0.29, 0.717) is 16.7 Å². The average Bonchev–Trinajstić information content (AvgIpc) is 3.18. The van der Waals surface area contributed by atoms with Gasteiger partial charge in [0, 0.05) is 11.4 Å². The molecule has 35 heavy (non-hydrogen) atoms. The third-order valence-electron chi connectivity index (χ3n) is 12.4. The third-order valence-corrected chi connectivity index (χ3v) is 12.4. The predicted molar refractivity (Wildman–Crippen MR) is 151 cm³/mol. The highest BCUT2D eigenvalue weighted by molar-refractivity contribution is 5.55. The molecule has 0 aromatic heterocycles. The van der Waals surface area contributed by atoms with Gasteiger partial charge in [0.2, 0.25) is 0 Å². The molecule has 2 nitrogen and oxygen atoms in total. The largest absolute Gasteiger partial charge is 0.399 e. The minimum atomic E-state index is 0.611. The number of anilines is 2. The second-order valence-corrected chi connectivity index (χ2v) is 14.3. The standard InChI is InChI=1S/C33H54N2/c1-22(20-24-21-26(34)12-16-31(24)35)8-7-9-23(2)28-14-15-29-27-13-11-25-10-5-6-18-32(25,3)30(27)17-19-33(28,29)4/h12,16,21-23,25,27-30H,5-11,13-15,17-20,34-35H2,1-4H3/t22?,23-,25?,27+,28-,29+,30+,32+,33-/m1/s1. The van der Waals surface area contributed by atoms with Crippen molar-refractivity contribution < 1.29 is 0 Å². The molecule has 4 N–H and O–H groups in total. The van der Waals surface area contributed by atoms with Gasteiger partial charge in [0.05, 0.1) is 0 Å². The first-order chi connectivity index (χ1) is 16.7. The van der Waals surface area contributed by atoms with Gasteiger partial charge in [-0.2, -0.15) is 0 Å². The van der Waals surface area contributed by atoms with Gasteiger partial charge in [-0.25, -0.2) is 0 Å². The molecule has 2 heteroatoms. The Kier molecular flexibility index (Phi) is 7.23. The first kappa shape index (κ1) is 25.5. The summed E-state index contributed by atoms with van der Waals surface area (Å²) >= 11 is 0. The summed E-state index contributed by atoms with van der Waals surface area (Å²) in [6.07, 6.45) is 20.3. The zero-order valence-corrected chi connectivity index (χ0v) is 23.3. The van der Waals surface area contributed by atoms with Gasteiger partial charge in [0.25, 0.3) is 0 Å². The molecule has 0 bridgehead atoms. The van der Waals surface area contributed by atoms with Crippen LogP contribution in [0.2, 0.25) is 0 Å². The van der Waals surface area contributed by atoms with E-state index in [1.807, 2.05) is 12.1 Å². The zero-order chi connectivity index (χ0) is 24.8. The number of nitrogen functional groups attached to an aromatic ring is 2. The minimum absolute atomic E-state index is 0.611. The molecule has 1 aromatic rings. The van der Waals surface area contributed by atoms with Crippen molar-refractivity contribution in [2.24, 2.45) is 52.3 Å². The lowest BCUT2D eigenvalue weighted by atomic mass is 9.44. The number of benzene rings is 1. The van der Waals surface area contributed by atoms with E-state index in [-0.39, 0.29) is 0 Å². The van der Waals surface area contributed by atoms with Gasteiger partial charge in [0.1, 0.15) is 0 Å². The highest BCUT2D eigenvalue weighted by atomic mass is 14.6. The number of fused-ring (bicyclic) bond motifs is 5. The van der Waals surface area contributed by atoms with Gasteiger partial charge in [-0.15, -0.1) is 0 Å². The molecule has 4 aliphatic carbocycles. The van der Waals surface area contributed by atoms with Gasteiger partial charge in [0.15, 0.2) is 0 Å². The van der Waals surface area contributed by atoms with Crippen LogP contribution in [0.4, 0.5) is 11.4 Å². The number of hydrogen-bond acceptors (Lipinski definition) is 2. The Balaban J connectivity index is 1.16. The molecule has 196 valence electrons. The Bertz CT molecular complexity index is 878. The number of nitrogens with two attached hydrogens (primary N) is 2. The average molecular weight is 479 g/mol. The highest BCUT2D eigenvalue weighted by Gasteiger charge is 2.60. The Morgan fingerprint density at radius 1 is 0.857 bits per heavy atom. The summed E-state index contributed by atoms with van der Waals surface area (Å²) in [6.45, 7) is 10.5. The Morgan fingerprint density at radius 3 is 2.49 bits per heavy atom. The second-order valence-electron chi connectivity index (χ2n) is 14.3. The van der Waals surface area contributed by atoms with Crippen molar-refractivity contribution in [2.45, 2.75) is 118 Å². The summed E-state index contributed by atoms with van der Waals surface area (Å²) in [5.74, 6) is 6.61. The van der Waals surface area contributed by atoms with Crippen molar-refractivity contribution in [2.75, 3.05) is 11.5 Å². The summed E-state index contributed by atoms with van der Waals surface area (Å²) < 4.78 is 0. The molecular formula is C33H54N2. The molecule has 2 unspecified atom stereocenters. The molecule has 9 atom stereocenters. The van der Waals surface area contributed by atoms with Crippen LogP contribution in [0, 0.1) is 52.3 Å². The monoisotopic (exact) mass is 478 g/mol. The maximum absolute atomic E-state index is 6.21. The Morgan fingerprint density at radius 2 is 1.66 bits per heavy atom. The van der Waals surface area contributed by atoms with E-state index >= 15 is 0 Å². The molecular weight excluding hydrogens is 424 g/mol. The molecule has 0 radical (unpaired) electrons. The van der Waals surface area contributed by atoms with Crippen LogP contribution >= 0.6 is 0 Å². The van der Waals surface area contributed by atoms with Gasteiger partial charge < -0.3 is 11.5 Å². The molecule has 5 rings (SSSR count). The normalized spacial score (nSPS) is 40.4. The van der Waals surface area contributed by atoms with Gasteiger partial charge in [-0.3, -0.25) is 0 Å². The molecule has 4 fully saturated rings. The van der Waals surface area contributed by atoms with Crippen LogP contribution in [0.15, 0.2) is 18.2 Å². The number of rotatable bonds is 7. The fraction of sp³-hybridized carbons (Fsp3) is 0.818. The van der Waals surface area contributed by atoms with E-state index in [1.165, 1.54) is 76.2 Å². The Hall–Kier alpha value is -1.18. The van der Waals surface area contributed by atoms with Crippen LogP contribution in [0.1, 0.15) is 117 Å².